The largest absolute Gasteiger partial charge is 0.368 e. The molecule has 0 bridgehead atoms. The maximum Gasteiger partial charge on any atom is 0.257 e. The fourth-order valence-electron chi connectivity index (χ4n) is 4.59. The lowest BCUT2D eigenvalue weighted by molar-refractivity contribution is -0.131. The van der Waals surface area contributed by atoms with Crippen molar-refractivity contribution in [1.29, 1.82) is 0 Å². The highest BCUT2D eigenvalue weighted by Gasteiger charge is 2.35. The SMILES string of the molecule is Cc1cccc(N2CCN(C(=O)C[C@H]3Nc4c5ccccc5nc(=S)n4C3=O)CC2)c1C. The van der Waals surface area contributed by atoms with Crippen molar-refractivity contribution in [2.45, 2.75) is 26.3 Å². The van der Waals surface area contributed by atoms with Crippen molar-refractivity contribution in [2.75, 3.05) is 36.4 Å². The number of nitrogens with zero attached hydrogens (tertiary/aromatic N) is 4. The van der Waals surface area contributed by atoms with E-state index in [1.165, 1.54) is 21.4 Å². The van der Waals surface area contributed by atoms with Gasteiger partial charge in [0.2, 0.25) is 10.7 Å². The average Bonchev–Trinajstić information content (AvgIpc) is 3.12. The predicted octanol–water partition coefficient (Wildman–Crippen LogP) is 3.56. The van der Waals surface area contributed by atoms with Gasteiger partial charge in [-0.2, -0.15) is 0 Å². The van der Waals surface area contributed by atoms with E-state index in [1.54, 1.807) is 0 Å². The van der Waals surface area contributed by atoms with Crippen LogP contribution in [0.15, 0.2) is 42.5 Å². The molecule has 164 valence electrons. The Balaban J connectivity index is 1.27. The number of nitrogens with one attached hydrogen (secondary N) is 1. The molecule has 1 aromatic heterocycles. The van der Waals surface area contributed by atoms with Gasteiger partial charge in [0.1, 0.15) is 11.9 Å². The zero-order valence-corrected chi connectivity index (χ0v) is 19.0. The number of aryl methyl sites for hydroxylation is 1. The van der Waals surface area contributed by atoms with Crippen LogP contribution in [0.4, 0.5) is 11.5 Å². The Bertz CT molecular complexity index is 1290. The van der Waals surface area contributed by atoms with Gasteiger partial charge in [0.15, 0.2) is 0 Å². The highest BCUT2D eigenvalue weighted by atomic mass is 32.1. The normalized spacial score (nSPS) is 18.1. The molecule has 0 unspecified atom stereocenters. The molecule has 8 heteroatoms. The number of hydrogen-bond donors (Lipinski definition) is 1. The Morgan fingerprint density at radius 2 is 1.84 bits per heavy atom. The highest BCUT2D eigenvalue weighted by Crippen LogP contribution is 2.29. The van der Waals surface area contributed by atoms with Gasteiger partial charge < -0.3 is 15.1 Å². The second-order valence-corrected chi connectivity index (χ2v) is 8.79. The second-order valence-electron chi connectivity index (χ2n) is 8.42. The van der Waals surface area contributed by atoms with E-state index >= 15 is 0 Å². The first-order valence-electron chi connectivity index (χ1n) is 10.9. The van der Waals surface area contributed by atoms with Crippen LogP contribution in [0.5, 0.6) is 0 Å². The van der Waals surface area contributed by atoms with Gasteiger partial charge in [0.25, 0.3) is 5.91 Å². The third-order valence-electron chi connectivity index (χ3n) is 6.55. The van der Waals surface area contributed by atoms with Gasteiger partial charge >= 0.3 is 0 Å². The molecule has 2 aliphatic heterocycles. The number of carbonyl (C=O) groups is 2. The summed E-state index contributed by atoms with van der Waals surface area (Å²) in [5, 5.41) is 4.06. The molecular formula is C24H25N5O2S. The summed E-state index contributed by atoms with van der Waals surface area (Å²) in [4.78, 5) is 34.6. The lowest BCUT2D eigenvalue weighted by atomic mass is 10.1. The molecule has 3 aromatic rings. The zero-order chi connectivity index (χ0) is 22.4. The van der Waals surface area contributed by atoms with E-state index in [4.69, 9.17) is 12.2 Å². The van der Waals surface area contributed by atoms with Gasteiger partial charge in [-0.25, -0.2) is 9.55 Å². The molecule has 0 saturated carbocycles. The molecule has 1 saturated heterocycles. The van der Waals surface area contributed by atoms with Crippen molar-refractivity contribution in [1.82, 2.24) is 14.5 Å². The molecule has 7 nitrogen and oxygen atoms in total. The summed E-state index contributed by atoms with van der Waals surface area (Å²) in [5.41, 5.74) is 4.52. The topological polar surface area (TPSA) is 70.5 Å². The minimum atomic E-state index is -0.631. The lowest BCUT2D eigenvalue weighted by Crippen LogP contribution is -2.50. The average molecular weight is 448 g/mol. The van der Waals surface area contributed by atoms with Gasteiger partial charge in [0.05, 0.1) is 11.9 Å². The van der Waals surface area contributed by atoms with E-state index in [9.17, 15) is 9.59 Å². The molecule has 0 radical (unpaired) electrons. The summed E-state index contributed by atoms with van der Waals surface area (Å²) in [6.07, 6.45) is 0.104. The van der Waals surface area contributed by atoms with E-state index in [2.05, 4.69) is 47.2 Å². The number of piperazine rings is 1. The van der Waals surface area contributed by atoms with Crippen LogP contribution < -0.4 is 10.2 Å². The van der Waals surface area contributed by atoms with Crippen LogP contribution in [0.2, 0.25) is 0 Å². The third-order valence-corrected chi connectivity index (χ3v) is 6.82. The second kappa shape index (κ2) is 8.02. The van der Waals surface area contributed by atoms with Crippen molar-refractivity contribution in [3.8, 4) is 0 Å². The van der Waals surface area contributed by atoms with Gasteiger partial charge in [-0.15, -0.1) is 0 Å². The molecule has 2 aromatic carbocycles. The smallest absolute Gasteiger partial charge is 0.257 e. The minimum absolute atomic E-state index is 0.0203. The zero-order valence-electron chi connectivity index (χ0n) is 18.2. The van der Waals surface area contributed by atoms with Gasteiger partial charge in [-0.3, -0.25) is 9.59 Å². The summed E-state index contributed by atoms with van der Waals surface area (Å²) in [5.74, 6) is 0.391. The third kappa shape index (κ3) is 3.44. The Kier molecular flexibility index (Phi) is 5.17. The van der Waals surface area contributed by atoms with Crippen LogP contribution in [-0.2, 0) is 4.79 Å². The number of amides is 1. The predicted molar refractivity (Wildman–Crippen MR) is 128 cm³/mol. The number of rotatable bonds is 3. The summed E-state index contributed by atoms with van der Waals surface area (Å²) < 4.78 is 1.64. The number of benzene rings is 2. The number of para-hydroxylation sites is 1. The lowest BCUT2D eigenvalue weighted by Gasteiger charge is -2.37. The summed E-state index contributed by atoms with van der Waals surface area (Å²) in [6.45, 7) is 7.10. The van der Waals surface area contributed by atoms with Crippen molar-refractivity contribution in [2.24, 2.45) is 0 Å². The Morgan fingerprint density at radius 1 is 1.09 bits per heavy atom. The van der Waals surface area contributed by atoms with E-state index in [0.717, 1.165) is 24.0 Å². The van der Waals surface area contributed by atoms with Crippen LogP contribution in [0.25, 0.3) is 10.9 Å². The maximum atomic E-state index is 13.0. The van der Waals surface area contributed by atoms with Crippen molar-refractivity contribution in [3.05, 3.63) is 58.4 Å². The van der Waals surface area contributed by atoms with Crippen LogP contribution in [0.1, 0.15) is 22.3 Å². The standard InChI is InChI=1S/C24H25N5O2S/c1-15-6-5-9-20(16(15)2)27-10-12-28(13-11-27)21(30)14-19-23(31)29-22(25-19)17-7-3-4-8-18(17)26-24(29)32/h3-9,19,25H,10-14H2,1-2H3/t19-/m1/s1. The molecule has 1 amide bonds. The summed E-state index contributed by atoms with van der Waals surface area (Å²) in [7, 11) is 0. The minimum Gasteiger partial charge on any atom is -0.368 e. The summed E-state index contributed by atoms with van der Waals surface area (Å²) in [6, 6.07) is 13.3. The van der Waals surface area contributed by atoms with Crippen LogP contribution in [0, 0.1) is 18.6 Å². The molecule has 5 rings (SSSR count). The van der Waals surface area contributed by atoms with Crippen molar-refractivity contribution >= 4 is 46.4 Å². The monoisotopic (exact) mass is 447 g/mol. The number of hydrogen-bond acceptors (Lipinski definition) is 6. The van der Waals surface area contributed by atoms with Crippen LogP contribution >= 0.6 is 12.2 Å². The van der Waals surface area contributed by atoms with Gasteiger partial charge in [-0.05, 0) is 55.4 Å². The first-order chi connectivity index (χ1) is 15.4. The maximum absolute atomic E-state index is 13.0. The van der Waals surface area contributed by atoms with E-state index in [0.29, 0.717) is 18.9 Å². The number of fused-ring (bicyclic) bond motifs is 3. The summed E-state index contributed by atoms with van der Waals surface area (Å²) >= 11 is 5.34. The first kappa shape index (κ1) is 20.6. The highest BCUT2D eigenvalue weighted by molar-refractivity contribution is 7.71. The molecule has 1 N–H and O–H groups in total. The Labute approximate surface area is 191 Å². The molecule has 2 aliphatic rings. The van der Waals surface area contributed by atoms with Crippen LogP contribution in [-0.4, -0.2) is 58.5 Å². The first-order valence-corrected chi connectivity index (χ1v) is 11.3. The number of anilines is 2. The van der Waals surface area contributed by atoms with E-state index in [1.807, 2.05) is 29.2 Å². The van der Waals surface area contributed by atoms with Crippen LogP contribution in [0.3, 0.4) is 0 Å². The molecule has 1 atom stereocenters. The van der Waals surface area contributed by atoms with E-state index < -0.39 is 6.04 Å². The molecular weight excluding hydrogens is 422 g/mol. The molecule has 3 heterocycles. The number of aromatic nitrogens is 2. The quantitative estimate of drug-likeness (QED) is 0.619. The van der Waals surface area contributed by atoms with Crippen molar-refractivity contribution in [3.63, 3.8) is 0 Å². The Hall–Kier alpha value is -3.26. The molecule has 32 heavy (non-hydrogen) atoms. The molecule has 1 fully saturated rings. The van der Waals surface area contributed by atoms with Crippen molar-refractivity contribution < 1.29 is 9.59 Å². The Morgan fingerprint density at radius 3 is 2.62 bits per heavy atom. The van der Waals surface area contributed by atoms with Gasteiger partial charge in [-0.1, -0.05) is 24.3 Å². The fourth-order valence-corrected chi connectivity index (χ4v) is 4.87. The molecule has 0 aliphatic carbocycles. The molecule has 0 spiro atoms. The number of carbonyl (C=O) groups excluding carboxylic acids is 2. The fraction of sp³-hybridized carbons (Fsp3) is 0.333. The van der Waals surface area contributed by atoms with Gasteiger partial charge in [0, 0.05) is 37.3 Å². The van der Waals surface area contributed by atoms with E-state index in [-0.39, 0.29) is 23.0 Å².